The van der Waals surface area contributed by atoms with Crippen LogP contribution < -0.4 is 10.1 Å². The van der Waals surface area contributed by atoms with E-state index in [0.717, 1.165) is 5.56 Å². The Kier molecular flexibility index (Phi) is 5.91. The maximum absolute atomic E-state index is 12.8. The fourth-order valence-electron chi connectivity index (χ4n) is 1.95. The SMILES string of the molecule is C[C@@H](COc1ccc(F)cc1)NC(=O)N(C)Cc1cccnc1. The molecule has 0 spiro atoms. The summed E-state index contributed by atoms with van der Waals surface area (Å²) in [4.78, 5) is 17.7. The molecule has 2 rings (SSSR count). The monoisotopic (exact) mass is 317 g/mol. The van der Waals surface area contributed by atoms with Gasteiger partial charge in [0.1, 0.15) is 18.2 Å². The Labute approximate surface area is 135 Å². The Morgan fingerprint density at radius 3 is 2.74 bits per heavy atom. The molecule has 6 heteroatoms. The van der Waals surface area contributed by atoms with Crippen molar-refractivity contribution in [3.05, 3.63) is 60.2 Å². The summed E-state index contributed by atoms with van der Waals surface area (Å²) in [6, 6.07) is 9.16. The fourth-order valence-corrected chi connectivity index (χ4v) is 1.95. The molecule has 2 amide bonds. The van der Waals surface area contributed by atoms with Crippen LogP contribution in [0.5, 0.6) is 5.75 Å². The predicted octanol–water partition coefficient (Wildman–Crippen LogP) is 2.83. The number of amides is 2. The van der Waals surface area contributed by atoms with Crippen molar-refractivity contribution in [1.29, 1.82) is 0 Å². The van der Waals surface area contributed by atoms with Gasteiger partial charge in [0.25, 0.3) is 0 Å². The molecule has 0 saturated heterocycles. The van der Waals surface area contributed by atoms with E-state index < -0.39 is 0 Å². The summed E-state index contributed by atoms with van der Waals surface area (Å²) in [7, 11) is 1.72. The molecule has 0 saturated carbocycles. The van der Waals surface area contributed by atoms with Crippen LogP contribution in [0, 0.1) is 5.82 Å². The van der Waals surface area contributed by atoms with Crippen molar-refractivity contribution in [2.75, 3.05) is 13.7 Å². The van der Waals surface area contributed by atoms with Crippen LogP contribution in [0.1, 0.15) is 12.5 Å². The van der Waals surface area contributed by atoms with E-state index in [-0.39, 0.29) is 17.9 Å². The van der Waals surface area contributed by atoms with Gasteiger partial charge < -0.3 is 15.0 Å². The molecule has 1 N–H and O–H groups in total. The van der Waals surface area contributed by atoms with Crippen molar-refractivity contribution in [2.24, 2.45) is 0 Å². The van der Waals surface area contributed by atoms with Gasteiger partial charge in [-0.15, -0.1) is 0 Å². The Morgan fingerprint density at radius 1 is 1.35 bits per heavy atom. The quantitative estimate of drug-likeness (QED) is 0.891. The summed E-state index contributed by atoms with van der Waals surface area (Å²) in [6.45, 7) is 2.63. The number of urea groups is 1. The number of aromatic nitrogens is 1. The molecule has 0 bridgehead atoms. The molecule has 23 heavy (non-hydrogen) atoms. The molecule has 1 heterocycles. The number of rotatable bonds is 6. The van der Waals surface area contributed by atoms with E-state index in [4.69, 9.17) is 4.74 Å². The van der Waals surface area contributed by atoms with E-state index in [1.54, 1.807) is 36.5 Å². The normalized spacial score (nSPS) is 11.6. The topological polar surface area (TPSA) is 54.5 Å². The highest BCUT2D eigenvalue weighted by molar-refractivity contribution is 5.74. The van der Waals surface area contributed by atoms with Crippen molar-refractivity contribution in [3.63, 3.8) is 0 Å². The van der Waals surface area contributed by atoms with Crippen LogP contribution in [0.3, 0.4) is 0 Å². The maximum atomic E-state index is 12.8. The Morgan fingerprint density at radius 2 is 2.09 bits per heavy atom. The summed E-state index contributed by atoms with van der Waals surface area (Å²) in [6.07, 6.45) is 3.42. The second-order valence-electron chi connectivity index (χ2n) is 5.33. The third-order valence-electron chi connectivity index (χ3n) is 3.17. The number of pyridine rings is 1. The minimum Gasteiger partial charge on any atom is -0.491 e. The molecule has 0 aliphatic carbocycles. The van der Waals surface area contributed by atoms with E-state index in [0.29, 0.717) is 18.9 Å². The van der Waals surface area contributed by atoms with Gasteiger partial charge in [-0.3, -0.25) is 4.98 Å². The van der Waals surface area contributed by atoms with Crippen molar-refractivity contribution in [1.82, 2.24) is 15.2 Å². The number of nitrogens with one attached hydrogen (secondary N) is 1. The molecule has 0 aliphatic heterocycles. The minimum atomic E-state index is -0.310. The van der Waals surface area contributed by atoms with Crippen LogP contribution in [0.25, 0.3) is 0 Å². The molecular weight excluding hydrogens is 297 g/mol. The van der Waals surface area contributed by atoms with Gasteiger partial charge in [0.15, 0.2) is 0 Å². The van der Waals surface area contributed by atoms with Gasteiger partial charge in [-0.2, -0.15) is 0 Å². The van der Waals surface area contributed by atoms with Gasteiger partial charge in [0, 0.05) is 26.0 Å². The standard InChI is InChI=1S/C17H20FN3O2/c1-13(12-23-16-7-5-15(18)6-8-16)20-17(22)21(2)11-14-4-3-9-19-10-14/h3-10,13H,11-12H2,1-2H3,(H,20,22)/t13-/m0/s1. The predicted molar refractivity (Wildman–Crippen MR) is 85.6 cm³/mol. The number of hydrogen-bond donors (Lipinski definition) is 1. The first-order valence-corrected chi connectivity index (χ1v) is 7.33. The zero-order chi connectivity index (χ0) is 16.7. The number of hydrogen-bond acceptors (Lipinski definition) is 3. The van der Waals surface area contributed by atoms with E-state index in [1.807, 2.05) is 19.1 Å². The highest BCUT2D eigenvalue weighted by Crippen LogP contribution is 2.11. The van der Waals surface area contributed by atoms with Gasteiger partial charge in [-0.05, 0) is 42.8 Å². The van der Waals surface area contributed by atoms with E-state index in [2.05, 4.69) is 10.3 Å². The number of nitrogens with zero attached hydrogens (tertiary/aromatic N) is 2. The Balaban J connectivity index is 1.76. The molecule has 1 atom stereocenters. The van der Waals surface area contributed by atoms with Crippen LogP contribution in [0.2, 0.25) is 0 Å². The summed E-state index contributed by atoms with van der Waals surface area (Å²) < 4.78 is 18.3. The van der Waals surface area contributed by atoms with Gasteiger partial charge in [0.2, 0.25) is 0 Å². The zero-order valence-electron chi connectivity index (χ0n) is 13.2. The average Bonchev–Trinajstić information content (AvgIpc) is 2.55. The highest BCUT2D eigenvalue weighted by Gasteiger charge is 2.13. The molecule has 0 fully saturated rings. The first-order valence-electron chi connectivity index (χ1n) is 7.33. The second-order valence-corrected chi connectivity index (χ2v) is 5.33. The Hall–Kier alpha value is -2.63. The largest absolute Gasteiger partial charge is 0.491 e. The van der Waals surface area contributed by atoms with Crippen LogP contribution in [0.4, 0.5) is 9.18 Å². The smallest absolute Gasteiger partial charge is 0.317 e. The molecule has 1 aromatic carbocycles. The molecule has 1 aromatic heterocycles. The van der Waals surface area contributed by atoms with Crippen LogP contribution in [0.15, 0.2) is 48.8 Å². The average molecular weight is 317 g/mol. The number of carbonyl (C=O) groups is 1. The number of benzene rings is 1. The third-order valence-corrected chi connectivity index (χ3v) is 3.17. The van der Waals surface area contributed by atoms with Gasteiger partial charge in [-0.1, -0.05) is 6.07 Å². The van der Waals surface area contributed by atoms with Crippen molar-refractivity contribution < 1.29 is 13.9 Å². The van der Waals surface area contributed by atoms with Gasteiger partial charge in [0.05, 0.1) is 6.04 Å². The van der Waals surface area contributed by atoms with E-state index in [1.165, 1.54) is 12.1 Å². The summed E-state index contributed by atoms with van der Waals surface area (Å²) in [5, 5.41) is 2.85. The fraction of sp³-hybridized carbons (Fsp3) is 0.294. The lowest BCUT2D eigenvalue weighted by Crippen LogP contribution is -2.43. The molecule has 122 valence electrons. The van der Waals surface area contributed by atoms with Crippen LogP contribution in [-0.4, -0.2) is 35.6 Å². The lowest BCUT2D eigenvalue weighted by Gasteiger charge is -2.21. The van der Waals surface area contributed by atoms with Gasteiger partial charge >= 0.3 is 6.03 Å². The number of carbonyl (C=O) groups excluding carboxylic acids is 1. The first kappa shape index (κ1) is 16.7. The molecule has 2 aromatic rings. The van der Waals surface area contributed by atoms with Crippen LogP contribution >= 0.6 is 0 Å². The van der Waals surface area contributed by atoms with Crippen molar-refractivity contribution in [3.8, 4) is 5.75 Å². The summed E-state index contributed by atoms with van der Waals surface area (Å²) >= 11 is 0. The molecular formula is C17H20FN3O2. The van der Waals surface area contributed by atoms with Crippen LogP contribution in [-0.2, 0) is 6.54 Å². The Bertz CT molecular complexity index is 619. The highest BCUT2D eigenvalue weighted by atomic mass is 19.1. The van der Waals surface area contributed by atoms with Crippen molar-refractivity contribution >= 4 is 6.03 Å². The van der Waals surface area contributed by atoms with E-state index in [9.17, 15) is 9.18 Å². The van der Waals surface area contributed by atoms with Crippen molar-refractivity contribution in [2.45, 2.75) is 19.5 Å². The second kappa shape index (κ2) is 8.12. The number of ether oxygens (including phenoxy) is 1. The lowest BCUT2D eigenvalue weighted by atomic mass is 10.3. The zero-order valence-corrected chi connectivity index (χ0v) is 13.2. The van der Waals surface area contributed by atoms with E-state index >= 15 is 0 Å². The number of halogens is 1. The maximum Gasteiger partial charge on any atom is 0.317 e. The molecule has 0 unspecified atom stereocenters. The summed E-state index contributed by atoms with van der Waals surface area (Å²) in [5.41, 5.74) is 0.959. The third kappa shape index (κ3) is 5.58. The molecule has 0 aliphatic rings. The molecule has 0 radical (unpaired) electrons. The summed E-state index contributed by atoms with van der Waals surface area (Å²) in [5.74, 6) is 0.256. The molecule has 5 nitrogen and oxygen atoms in total. The first-order chi connectivity index (χ1) is 11.0. The minimum absolute atomic E-state index is 0.177. The van der Waals surface area contributed by atoms with Gasteiger partial charge in [-0.25, -0.2) is 9.18 Å². The lowest BCUT2D eigenvalue weighted by molar-refractivity contribution is 0.195.